The van der Waals surface area contributed by atoms with Gasteiger partial charge < -0.3 is 21.1 Å². The monoisotopic (exact) mass is 459 g/mol. The van der Waals surface area contributed by atoms with Crippen LogP contribution in [0, 0.1) is 11.6 Å². The summed E-state index contributed by atoms with van der Waals surface area (Å²) in [6, 6.07) is 10.00. The van der Waals surface area contributed by atoms with Crippen molar-refractivity contribution in [3.05, 3.63) is 71.3 Å². The van der Waals surface area contributed by atoms with Gasteiger partial charge >= 0.3 is 0 Å². The number of hydrogen-bond acceptors (Lipinski definition) is 4. The predicted molar refractivity (Wildman–Crippen MR) is 117 cm³/mol. The largest absolute Gasteiger partial charge is 0.378 e. The van der Waals surface area contributed by atoms with Crippen LogP contribution in [0.4, 0.5) is 8.78 Å². The van der Waals surface area contributed by atoms with Gasteiger partial charge in [-0.15, -0.1) is 0 Å². The molecule has 4 N–H and O–H groups in total. The molecule has 0 bridgehead atoms. The van der Waals surface area contributed by atoms with Crippen molar-refractivity contribution in [1.82, 2.24) is 10.2 Å². The Morgan fingerprint density at radius 3 is 2.36 bits per heavy atom. The number of aliphatic hydroxyl groups excluding tert-OH is 1. The fourth-order valence-corrected chi connectivity index (χ4v) is 4.54. The minimum atomic E-state index is -2.03. The minimum Gasteiger partial charge on any atom is -0.378 e. The molecule has 2 aromatic rings. The smallest absolute Gasteiger partial charge is 0.257 e. The molecule has 33 heavy (non-hydrogen) atoms. The van der Waals surface area contributed by atoms with Crippen LogP contribution < -0.4 is 11.1 Å². The molecule has 0 spiro atoms. The van der Waals surface area contributed by atoms with Gasteiger partial charge in [-0.2, -0.15) is 0 Å². The van der Waals surface area contributed by atoms with Crippen LogP contribution in [-0.2, 0) is 14.4 Å². The van der Waals surface area contributed by atoms with Gasteiger partial charge in [0.1, 0.15) is 23.2 Å². The quantitative estimate of drug-likeness (QED) is 0.614. The topological polar surface area (TPSA) is 113 Å². The van der Waals surface area contributed by atoms with Gasteiger partial charge in [-0.25, -0.2) is 8.78 Å². The van der Waals surface area contributed by atoms with Crippen molar-refractivity contribution in [2.75, 3.05) is 6.54 Å². The van der Waals surface area contributed by atoms with Gasteiger partial charge in [-0.05, 0) is 49.9 Å². The second kappa shape index (κ2) is 9.66. The maximum atomic E-state index is 13.8. The number of aliphatic hydroxyl groups is 1. The van der Waals surface area contributed by atoms with Crippen molar-refractivity contribution in [2.45, 2.75) is 50.3 Å². The van der Waals surface area contributed by atoms with Gasteiger partial charge in [0.2, 0.25) is 11.8 Å². The molecule has 1 heterocycles. The second-order valence-corrected chi connectivity index (χ2v) is 8.40. The standard InChI is InChI=1S/C24H27F2N3O4/c1-14(21(27)31)29(22(32)20(30)16-11-17(25)13-18(26)12-16)24(2)19(9-6-10-28-23(24)33)15-7-4-3-5-8-15/h3-5,7-8,11-14,19-20,30H,6,9-10H2,1-2H3,(H2,27,31)(H,28,33)/t14-,19-,20+,24-/m0/s1. The molecule has 0 aromatic heterocycles. The predicted octanol–water partition coefficient (Wildman–Crippen LogP) is 2.15. The van der Waals surface area contributed by atoms with Crippen LogP contribution in [0.5, 0.6) is 0 Å². The molecule has 9 heteroatoms. The van der Waals surface area contributed by atoms with Crippen molar-refractivity contribution in [3.63, 3.8) is 0 Å². The zero-order valence-corrected chi connectivity index (χ0v) is 18.4. The molecule has 2 aromatic carbocycles. The van der Waals surface area contributed by atoms with Gasteiger partial charge in [0.15, 0.2) is 6.10 Å². The lowest BCUT2D eigenvalue weighted by Gasteiger charge is -2.47. The Morgan fingerprint density at radius 1 is 1.18 bits per heavy atom. The highest BCUT2D eigenvalue weighted by Gasteiger charge is 2.53. The van der Waals surface area contributed by atoms with E-state index in [0.29, 0.717) is 25.5 Å². The van der Waals surface area contributed by atoms with Crippen LogP contribution in [0.25, 0.3) is 0 Å². The van der Waals surface area contributed by atoms with E-state index in [1.807, 2.05) is 18.2 Å². The van der Waals surface area contributed by atoms with E-state index in [9.17, 15) is 28.3 Å². The average Bonchev–Trinajstić information content (AvgIpc) is 2.92. The molecular formula is C24H27F2N3O4. The molecule has 0 aliphatic carbocycles. The highest BCUT2D eigenvalue weighted by molar-refractivity contribution is 5.97. The number of nitrogens with one attached hydrogen (secondary N) is 1. The lowest BCUT2D eigenvalue weighted by Crippen LogP contribution is -2.66. The number of amides is 3. The maximum Gasteiger partial charge on any atom is 0.257 e. The van der Waals surface area contributed by atoms with Gasteiger partial charge in [0, 0.05) is 18.5 Å². The van der Waals surface area contributed by atoms with Crippen molar-refractivity contribution in [2.24, 2.45) is 5.73 Å². The van der Waals surface area contributed by atoms with E-state index in [1.165, 1.54) is 13.8 Å². The number of benzene rings is 2. The highest BCUT2D eigenvalue weighted by atomic mass is 19.1. The summed E-state index contributed by atoms with van der Waals surface area (Å²) in [7, 11) is 0. The van der Waals surface area contributed by atoms with E-state index < -0.39 is 53.0 Å². The third kappa shape index (κ3) is 4.73. The first kappa shape index (κ1) is 24.3. The van der Waals surface area contributed by atoms with Crippen molar-refractivity contribution in [1.29, 1.82) is 0 Å². The summed E-state index contributed by atoms with van der Waals surface area (Å²) in [4.78, 5) is 40.2. The van der Waals surface area contributed by atoms with E-state index in [2.05, 4.69) is 5.32 Å². The SMILES string of the molecule is C[C@@H](C(N)=O)N(C(=O)[C@H](O)c1cc(F)cc(F)c1)[C@]1(C)C(=O)NCCC[C@H]1c1ccccc1. The first-order chi connectivity index (χ1) is 15.6. The molecule has 4 atom stereocenters. The van der Waals surface area contributed by atoms with E-state index in [1.54, 1.807) is 12.1 Å². The van der Waals surface area contributed by atoms with E-state index >= 15 is 0 Å². The maximum absolute atomic E-state index is 13.8. The number of hydrogen-bond donors (Lipinski definition) is 3. The van der Waals surface area contributed by atoms with Crippen molar-refractivity contribution in [3.8, 4) is 0 Å². The summed E-state index contributed by atoms with van der Waals surface area (Å²) >= 11 is 0. The zero-order chi connectivity index (χ0) is 24.3. The number of primary amides is 1. The molecule has 0 unspecified atom stereocenters. The Labute approximate surface area is 190 Å². The Hall–Kier alpha value is -3.33. The number of carbonyl (C=O) groups is 3. The number of nitrogens with two attached hydrogens (primary N) is 1. The van der Waals surface area contributed by atoms with Gasteiger partial charge in [0.25, 0.3) is 5.91 Å². The Kier molecular flexibility index (Phi) is 7.12. The molecule has 3 amide bonds. The lowest BCUT2D eigenvalue weighted by molar-refractivity contribution is -0.160. The molecule has 1 aliphatic heterocycles. The number of nitrogens with zero attached hydrogens (tertiary/aromatic N) is 1. The van der Waals surface area contributed by atoms with Crippen LogP contribution >= 0.6 is 0 Å². The van der Waals surface area contributed by atoms with Crippen molar-refractivity contribution >= 4 is 17.7 Å². The fourth-order valence-electron chi connectivity index (χ4n) is 4.54. The van der Waals surface area contributed by atoms with E-state index in [0.717, 1.165) is 22.6 Å². The lowest BCUT2D eigenvalue weighted by atomic mass is 9.75. The van der Waals surface area contributed by atoms with Gasteiger partial charge in [-0.3, -0.25) is 14.4 Å². The number of carbonyl (C=O) groups excluding carboxylic acids is 3. The molecule has 0 radical (unpaired) electrons. The molecule has 1 aliphatic rings. The van der Waals surface area contributed by atoms with E-state index in [4.69, 9.17) is 5.73 Å². The van der Waals surface area contributed by atoms with Gasteiger partial charge in [0.05, 0.1) is 0 Å². The Bertz CT molecular complexity index is 1030. The third-order valence-corrected chi connectivity index (χ3v) is 6.27. The molecule has 1 saturated heterocycles. The second-order valence-electron chi connectivity index (χ2n) is 8.40. The third-order valence-electron chi connectivity index (χ3n) is 6.27. The Balaban J connectivity index is 2.16. The molecule has 1 fully saturated rings. The van der Waals surface area contributed by atoms with Crippen LogP contribution in [0.2, 0.25) is 0 Å². The van der Waals surface area contributed by atoms with Crippen molar-refractivity contribution < 1.29 is 28.3 Å². The van der Waals surface area contributed by atoms with Crippen LogP contribution in [0.3, 0.4) is 0 Å². The van der Waals surface area contributed by atoms with Gasteiger partial charge in [-0.1, -0.05) is 30.3 Å². The first-order valence-corrected chi connectivity index (χ1v) is 10.7. The normalized spacial score (nSPS) is 22.6. The summed E-state index contributed by atoms with van der Waals surface area (Å²) in [5.74, 6) is -4.98. The molecular weight excluding hydrogens is 432 g/mol. The average molecular weight is 459 g/mol. The zero-order valence-electron chi connectivity index (χ0n) is 18.4. The molecule has 7 nitrogen and oxygen atoms in total. The van der Waals surface area contributed by atoms with Crippen LogP contribution in [0.1, 0.15) is 49.8 Å². The molecule has 3 rings (SSSR count). The summed E-state index contributed by atoms with van der Waals surface area (Å²) in [5.41, 5.74) is 4.32. The fraction of sp³-hybridized carbons (Fsp3) is 0.375. The molecule has 176 valence electrons. The summed E-state index contributed by atoms with van der Waals surface area (Å²) in [5, 5.41) is 13.6. The summed E-state index contributed by atoms with van der Waals surface area (Å²) in [6.07, 6.45) is -0.911. The highest BCUT2D eigenvalue weighted by Crippen LogP contribution is 2.41. The minimum absolute atomic E-state index is 0.340. The van der Waals surface area contributed by atoms with E-state index in [-0.39, 0.29) is 5.56 Å². The summed E-state index contributed by atoms with van der Waals surface area (Å²) < 4.78 is 27.5. The number of rotatable bonds is 6. The Morgan fingerprint density at radius 2 is 1.79 bits per heavy atom. The molecule has 0 saturated carbocycles. The van der Waals surface area contributed by atoms with Crippen LogP contribution in [0.15, 0.2) is 48.5 Å². The first-order valence-electron chi connectivity index (χ1n) is 10.7. The summed E-state index contributed by atoms with van der Waals surface area (Å²) in [6.45, 7) is 3.23. The van der Waals surface area contributed by atoms with Crippen LogP contribution in [-0.4, -0.2) is 45.9 Å². The number of halogens is 2.